The summed E-state index contributed by atoms with van der Waals surface area (Å²) in [5.41, 5.74) is 0. The molecular weight excluding hydrogens is 317 g/mol. The van der Waals surface area contributed by atoms with Crippen molar-refractivity contribution in [2.24, 2.45) is 5.14 Å². The molecule has 0 radical (unpaired) electrons. The Balaban J connectivity index is 2.83. The molecule has 0 amide bonds. The number of aliphatic carboxylic acids is 1. The van der Waals surface area contributed by atoms with Crippen molar-refractivity contribution in [3.63, 3.8) is 0 Å². The normalized spacial score (nSPS) is 11.3. The first-order valence-corrected chi connectivity index (χ1v) is 7.39. The lowest BCUT2D eigenvalue weighted by atomic mass is 10.3. The van der Waals surface area contributed by atoms with Crippen LogP contribution in [0.1, 0.15) is 12.8 Å². The van der Waals surface area contributed by atoms with Gasteiger partial charge in [0.1, 0.15) is 15.7 Å². The molecule has 0 fully saturated rings. The van der Waals surface area contributed by atoms with E-state index in [0.29, 0.717) is 6.42 Å². The van der Waals surface area contributed by atoms with Crippen LogP contribution in [0.4, 0.5) is 0 Å². The Bertz CT molecular complexity index is 588. The van der Waals surface area contributed by atoms with Crippen LogP contribution in [0, 0.1) is 0 Å². The fourth-order valence-corrected chi connectivity index (χ4v) is 2.61. The molecule has 0 aliphatic heterocycles. The molecule has 0 bridgehead atoms. The molecule has 9 heteroatoms. The van der Waals surface area contributed by atoms with Crippen LogP contribution in [0.3, 0.4) is 0 Å². The molecular formula is C10H11Cl2NO5S. The Labute approximate surface area is 120 Å². The Morgan fingerprint density at radius 3 is 2.47 bits per heavy atom. The largest absolute Gasteiger partial charge is 0.492 e. The highest BCUT2D eigenvalue weighted by molar-refractivity contribution is 7.89. The predicted molar refractivity (Wildman–Crippen MR) is 70.2 cm³/mol. The van der Waals surface area contributed by atoms with Gasteiger partial charge in [0.2, 0.25) is 10.0 Å². The van der Waals surface area contributed by atoms with Gasteiger partial charge < -0.3 is 9.84 Å². The molecule has 0 atom stereocenters. The van der Waals surface area contributed by atoms with E-state index in [0.717, 1.165) is 0 Å². The molecule has 0 saturated heterocycles. The van der Waals surface area contributed by atoms with Crippen LogP contribution in [0.15, 0.2) is 17.0 Å². The second kappa shape index (κ2) is 6.42. The number of primary sulfonamides is 1. The van der Waals surface area contributed by atoms with E-state index in [1.165, 1.54) is 12.1 Å². The van der Waals surface area contributed by atoms with Gasteiger partial charge >= 0.3 is 5.97 Å². The zero-order valence-corrected chi connectivity index (χ0v) is 11.9. The summed E-state index contributed by atoms with van der Waals surface area (Å²) in [7, 11) is -3.96. The van der Waals surface area contributed by atoms with Gasteiger partial charge in [0, 0.05) is 6.42 Å². The van der Waals surface area contributed by atoms with Crippen molar-refractivity contribution in [3.05, 3.63) is 22.2 Å². The van der Waals surface area contributed by atoms with Gasteiger partial charge in [-0.2, -0.15) is 0 Å². The average molecular weight is 328 g/mol. The molecule has 0 aliphatic carbocycles. The van der Waals surface area contributed by atoms with Crippen LogP contribution >= 0.6 is 23.2 Å². The summed E-state index contributed by atoms with van der Waals surface area (Å²) in [6.07, 6.45) is 0.251. The number of hydrogen-bond donors (Lipinski definition) is 2. The topological polar surface area (TPSA) is 107 Å². The van der Waals surface area contributed by atoms with E-state index in [2.05, 4.69) is 0 Å². The minimum atomic E-state index is -3.96. The highest BCUT2D eigenvalue weighted by Gasteiger charge is 2.18. The quantitative estimate of drug-likeness (QED) is 0.776. The maximum absolute atomic E-state index is 11.2. The Morgan fingerprint density at radius 1 is 1.32 bits per heavy atom. The summed E-state index contributed by atoms with van der Waals surface area (Å²) in [6, 6.07) is 2.49. The van der Waals surface area contributed by atoms with E-state index in [-0.39, 0.29) is 33.7 Å². The van der Waals surface area contributed by atoms with Crippen molar-refractivity contribution in [2.75, 3.05) is 6.61 Å². The number of halogens is 2. The average Bonchev–Trinajstić information content (AvgIpc) is 2.27. The molecule has 3 N–H and O–H groups in total. The monoisotopic (exact) mass is 327 g/mol. The number of carbonyl (C=O) groups is 1. The fourth-order valence-electron chi connectivity index (χ4n) is 1.25. The van der Waals surface area contributed by atoms with E-state index >= 15 is 0 Å². The van der Waals surface area contributed by atoms with E-state index in [1.807, 2.05) is 0 Å². The van der Waals surface area contributed by atoms with Crippen molar-refractivity contribution in [2.45, 2.75) is 17.7 Å². The standard InChI is InChI=1S/C10H11Cl2NO5S/c11-9-6(18-5-1-2-8(14)15)3-4-7(10(9)12)19(13,16)17/h3-4H,1-2,5H2,(H,14,15)(H2,13,16,17). The molecule has 0 spiro atoms. The van der Waals surface area contributed by atoms with E-state index in [4.69, 9.17) is 38.2 Å². The molecule has 1 aromatic rings. The van der Waals surface area contributed by atoms with Crippen molar-refractivity contribution in [1.82, 2.24) is 0 Å². The van der Waals surface area contributed by atoms with Crippen LogP contribution in [0.25, 0.3) is 0 Å². The molecule has 0 heterocycles. The lowest BCUT2D eigenvalue weighted by Crippen LogP contribution is -2.13. The zero-order chi connectivity index (χ0) is 14.6. The van der Waals surface area contributed by atoms with Gasteiger partial charge in [0.05, 0.1) is 11.6 Å². The SMILES string of the molecule is NS(=O)(=O)c1ccc(OCCCC(=O)O)c(Cl)c1Cl. The van der Waals surface area contributed by atoms with Crippen LogP contribution in [0.5, 0.6) is 5.75 Å². The first-order valence-electron chi connectivity index (χ1n) is 5.09. The van der Waals surface area contributed by atoms with Crippen molar-refractivity contribution in [1.29, 1.82) is 0 Å². The smallest absolute Gasteiger partial charge is 0.303 e. The minimum Gasteiger partial charge on any atom is -0.492 e. The number of carboxylic acid groups (broad SMARTS) is 1. The lowest BCUT2D eigenvalue weighted by molar-refractivity contribution is -0.137. The molecule has 0 unspecified atom stereocenters. The van der Waals surface area contributed by atoms with E-state index in [1.54, 1.807) is 0 Å². The molecule has 19 heavy (non-hydrogen) atoms. The minimum absolute atomic E-state index is 0.0411. The van der Waals surface area contributed by atoms with Gasteiger partial charge in [-0.15, -0.1) is 0 Å². The number of benzene rings is 1. The number of hydrogen-bond acceptors (Lipinski definition) is 4. The van der Waals surface area contributed by atoms with Crippen LogP contribution in [-0.2, 0) is 14.8 Å². The van der Waals surface area contributed by atoms with Gasteiger partial charge in [-0.05, 0) is 18.6 Å². The van der Waals surface area contributed by atoms with Gasteiger partial charge in [0.15, 0.2) is 0 Å². The third kappa shape index (κ3) is 4.54. The molecule has 106 valence electrons. The maximum Gasteiger partial charge on any atom is 0.303 e. The summed E-state index contributed by atoms with van der Waals surface area (Å²) in [5.74, 6) is -0.762. The summed E-state index contributed by atoms with van der Waals surface area (Å²) < 4.78 is 27.6. The highest BCUT2D eigenvalue weighted by atomic mass is 35.5. The third-order valence-electron chi connectivity index (χ3n) is 2.11. The Hall–Kier alpha value is -1.02. The first kappa shape index (κ1) is 16.0. The lowest BCUT2D eigenvalue weighted by Gasteiger charge is -2.10. The Morgan fingerprint density at radius 2 is 1.95 bits per heavy atom. The summed E-state index contributed by atoms with van der Waals surface area (Å²) in [4.78, 5) is 10.0. The van der Waals surface area contributed by atoms with Crippen LogP contribution in [-0.4, -0.2) is 26.1 Å². The Kier molecular flexibility index (Phi) is 5.42. The summed E-state index contributed by atoms with van der Waals surface area (Å²) in [6.45, 7) is 0.122. The number of sulfonamides is 1. The van der Waals surface area contributed by atoms with Gasteiger partial charge in [-0.25, -0.2) is 13.6 Å². The highest BCUT2D eigenvalue weighted by Crippen LogP contribution is 2.36. The van der Waals surface area contributed by atoms with E-state index < -0.39 is 16.0 Å². The number of rotatable bonds is 6. The second-order valence-electron chi connectivity index (χ2n) is 3.58. The summed E-state index contributed by atoms with van der Waals surface area (Å²) in [5, 5.41) is 13.1. The third-order valence-corrected chi connectivity index (χ3v) is 4.04. The molecule has 1 aromatic carbocycles. The second-order valence-corrected chi connectivity index (χ2v) is 5.87. The molecule has 0 aliphatic rings. The van der Waals surface area contributed by atoms with E-state index in [9.17, 15) is 13.2 Å². The van der Waals surface area contributed by atoms with Crippen LogP contribution < -0.4 is 9.88 Å². The van der Waals surface area contributed by atoms with Gasteiger partial charge in [-0.3, -0.25) is 4.79 Å². The summed E-state index contributed by atoms with van der Waals surface area (Å²) >= 11 is 11.6. The molecule has 0 saturated carbocycles. The molecule has 1 rings (SSSR count). The maximum atomic E-state index is 11.2. The van der Waals surface area contributed by atoms with Crippen molar-refractivity contribution in [3.8, 4) is 5.75 Å². The van der Waals surface area contributed by atoms with Crippen LogP contribution in [0.2, 0.25) is 10.0 Å². The molecule has 6 nitrogen and oxygen atoms in total. The number of ether oxygens (including phenoxy) is 1. The zero-order valence-electron chi connectivity index (χ0n) is 9.60. The van der Waals surface area contributed by atoms with Crippen molar-refractivity contribution >= 4 is 39.2 Å². The first-order chi connectivity index (χ1) is 8.73. The fraction of sp³-hybridized carbons (Fsp3) is 0.300. The van der Waals surface area contributed by atoms with Crippen molar-refractivity contribution < 1.29 is 23.1 Å². The van der Waals surface area contributed by atoms with Gasteiger partial charge in [0.25, 0.3) is 0 Å². The molecule has 0 aromatic heterocycles. The number of nitrogens with two attached hydrogens (primary N) is 1. The van der Waals surface area contributed by atoms with Gasteiger partial charge in [-0.1, -0.05) is 23.2 Å². The predicted octanol–water partition coefficient (Wildman–Crippen LogP) is 1.88. The number of carboxylic acids is 1.